The Kier molecular flexibility index (Phi) is 4.69. The van der Waals surface area contributed by atoms with E-state index in [2.05, 4.69) is 15.9 Å². The Hall–Kier alpha value is -1.79. The van der Waals surface area contributed by atoms with Crippen LogP contribution in [0.4, 0.5) is 10.1 Å². The first-order valence-electron chi connectivity index (χ1n) is 6.03. The molecule has 0 spiro atoms. The summed E-state index contributed by atoms with van der Waals surface area (Å²) in [4.78, 5) is 14.1. The summed E-state index contributed by atoms with van der Waals surface area (Å²) in [6, 6.07) is 11.0. The van der Waals surface area contributed by atoms with Crippen LogP contribution in [0.5, 0.6) is 0 Å². The number of rotatable bonds is 3. The summed E-state index contributed by atoms with van der Waals surface area (Å²) in [5.41, 5.74) is 7.13. The topological polar surface area (TPSA) is 46.3 Å². The van der Waals surface area contributed by atoms with Crippen LogP contribution in [0.1, 0.15) is 15.9 Å². The van der Waals surface area contributed by atoms with E-state index >= 15 is 0 Å². The molecule has 0 unspecified atom stereocenters. The van der Waals surface area contributed by atoms with E-state index in [1.165, 1.54) is 23.1 Å². The van der Waals surface area contributed by atoms with Gasteiger partial charge in [-0.25, -0.2) is 4.39 Å². The van der Waals surface area contributed by atoms with Gasteiger partial charge in [-0.05, 0) is 46.3 Å². The summed E-state index contributed by atoms with van der Waals surface area (Å²) in [6.07, 6.45) is 0. The maximum Gasteiger partial charge on any atom is 0.259 e. The van der Waals surface area contributed by atoms with Crippen LogP contribution in [-0.4, -0.2) is 17.9 Å². The molecule has 0 aliphatic heterocycles. The van der Waals surface area contributed by atoms with Crippen LogP contribution >= 0.6 is 28.1 Å². The van der Waals surface area contributed by atoms with Gasteiger partial charge in [-0.3, -0.25) is 4.79 Å². The van der Waals surface area contributed by atoms with Gasteiger partial charge in [0.05, 0.1) is 5.56 Å². The zero-order valence-electron chi connectivity index (χ0n) is 11.1. The Morgan fingerprint density at radius 2 is 2.00 bits per heavy atom. The number of carbonyl (C=O) groups is 1. The molecule has 2 aromatic carbocycles. The van der Waals surface area contributed by atoms with Crippen molar-refractivity contribution in [3.63, 3.8) is 0 Å². The van der Waals surface area contributed by atoms with Crippen molar-refractivity contribution in [3.8, 4) is 0 Å². The van der Waals surface area contributed by atoms with Gasteiger partial charge in [0.1, 0.15) is 10.8 Å². The van der Waals surface area contributed by atoms with Crippen molar-refractivity contribution < 1.29 is 9.18 Å². The van der Waals surface area contributed by atoms with Crippen molar-refractivity contribution in [2.75, 3.05) is 11.9 Å². The minimum absolute atomic E-state index is 0.248. The summed E-state index contributed by atoms with van der Waals surface area (Å²) in [5.74, 6) is -0.798. The number of nitrogens with zero attached hydrogens (tertiary/aromatic N) is 1. The van der Waals surface area contributed by atoms with Gasteiger partial charge in [-0.15, -0.1) is 0 Å². The third kappa shape index (κ3) is 3.46. The second kappa shape index (κ2) is 6.32. The fraction of sp³-hybridized carbons (Fsp3) is 0.0667. The van der Waals surface area contributed by atoms with Gasteiger partial charge in [-0.2, -0.15) is 0 Å². The van der Waals surface area contributed by atoms with E-state index in [4.69, 9.17) is 18.0 Å². The Balaban J connectivity index is 2.37. The maximum absolute atomic E-state index is 13.3. The monoisotopic (exact) mass is 366 g/mol. The van der Waals surface area contributed by atoms with E-state index in [0.717, 1.165) is 0 Å². The molecule has 0 fully saturated rings. The number of nitrogens with two attached hydrogens (primary N) is 1. The third-order valence-corrected chi connectivity index (χ3v) is 3.91. The van der Waals surface area contributed by atoms with Gasteiger partial charge in [-0.1, -0.05) is 24.4 Å². The van der Waals surface area contributed by atoms with E-state index in [-0.39, 0.29) is 16.5 Å². The van der Waals surface area contributed by atoms with Crippen molar-refractivity contribution in [2.45, 2.75) is 0 Å². The van der Waals surface area contributed by atoms with Gasteiger partial charge in [0.25, 0.3) is 5.91 Å². The minimum Gasteiger partial charge on any atom is -0.389 e. The van der Waals surface area contributed by atoms with Gasteiger partial charge in [0.15, 0.2) is 0 Å². The van der Waals surface area contributed by atoms with Crippen LogP contribution in [0.15, 0.2) is 46.9 Å². The lowest BCUT2D eigenvalue weighted by molar-refractivity contribution is 0.0992. The first kappa shape index (κ1) is 15.6. The molecule has 0 radical (unpaired) electrons. The highest BCUT2D eigenvalue weighted by Gasteiger charge is 2.17. The highest BCUT2D eigenvalue weighted by molar-refractivity contribution is 9.10. The Morgan fingerprint density at radius 1 is 1.29 bits per heavy atom. The number of hydrogen-bond donors (Lipinski definition) is 1. The van der Waals surface area contributed by atoms with E-state index in [1.807, 2.05) is 0 Å². The van der Waals surface area contributed by atoms with Crippen molar-refractivity contribution in [1.29, 1.82) is 0 Å². The zero-order valence-corrected chi connectivity index (χ0v) is 13.5. The Bertz CT molecular complexity index is 721. The second-order valence-corrected chi connectivity index (χ2v) is 5.70. The maximum atomic E-state index is 13.3. The molecule has 0 bridgehead atoms. The predicted octanol–water partition coefficient (Wildman–Crippen LogP) is 3.50. The van der Waals surface area contributed by atoms with Gasteiger partial charge in [0.2, 0.25) is 0 Å². The third-order valence-electron chi connectivity index (χ3n) is 2.98. The second-order valence-electron chi connectivity index (χ2n) is 4.40. The van der Waals surface area contributed by atoms with Crippen molar-refractivity contribution >= 4 is 44.7 Å². The van der Waals surface area contributed by atoms with Crippen molar-refractivity contribution in [2.24, 2.45) is 5.73 Å². The van der Waals surface area contributed by atoms with Gasteiger partial charge >= 0.3 is 0 Å². The van der Waals surface area contributed by atoms with E-state index in [0.29, 0.717) is 15.7 Å². The van der Waals surface area contributed by atoms with Crippen molar-refractivity contribution in [1.82, 2.24) is 0 Å². The number of amides is 1. The molecule has 21 heavy (non-hydrogen) atoms. The lowest BCUT2D eigenvalue weighted by Crippen LogP contribution is -2.27. The molecule has 108 valence electrons. The smallest absolute Gasteiger partial charge is 0.259 e. The minimum atomic E-state index is -0.466. The molecular formula is C15H12BrFN2OS. The SMILES string of the molecule is CN(C(=O)c1cc(F)ccc1Br)c1cccc(C(N)=S)c1. The summed E-state index contributed by atoms with van der Waals surface area (Å²) in [7, 11) is 1.61. The molecular weight excluding hydrogens is 355 g/mol. The Labute approximate surface area is 135 Å². The van der Waals surface area contributed by atoms with E-state index in [9.17, 15) is 9.18 Å². The standard InChI is InChI=1S/C15H12BrFN2OS/c1-19(11-4-2-3-9(7-11)14(18)21)15(20)12-8-10(17)5-6-13(12)16/h2-8H,1H3,(H2,18,21). The van der Waals surface area contributed by atoms with Crippen LogP contribution in [0, 0.1) is 5.82 Å². The molecule has 2 N–H and O–H groups in total. The quantitative estimate of drug-likeness (QED) is 0.845. The number of halogens is 2. The fourth-order valence-corrected chi connectivity index (χ4v) is 2.37. The number of thiocarbonyl (C=S) groups is 1. The number of carbonyl (C=O) groups excluding carboxylic acids is 1. The van der Waals surface area contributed by atoms with Gasteiger partial charge in [0, 0.05) is 22.8 Å². The zero-order chi connectivity index (χ0) is 15.6. The molecule has 0 saturated heterocycles. The fourth-order valence-electron chi connectivity index (χ4n) is 1.83. The highest BCUT2D eigenvalue weighted by atomic mass is 79.9. The first-order valence-corrected chi connectivity index (χ1v) is 7.23. The number of benzene rings is 2. The Morgan fingerprint density at radius 3 is 2.67 bits per heavy atom. The van der Waals surface area contributed by atoms with Crippen LogP contribution < -0.4 is 10.6 Å². The average Bonchev–Trinajstić information content (AvgIpc) is 2.48. The molecule has 3 nitrogen and oxygen atoms in total. The summed E-state index contributed by atoms with van der Waals surface area (Å²) in [5, 5.41) is 0. The lowest BCUT2D eigenvalue weighted by Gasteiger charge is -2.19. The highest BCUT2D eigenvalue weighted by Crippen LogP contribution is 2.23. The van der Waals surface area contributed by atoms with E-state index < -0.39 is 5.82 Å². The number of anilines is 1. The molecule has 0 aromatic heterocycles. The largest absolute Gasteiger partial charge is 0.389 e. The lowest BCUT2D eigenvalue weighted by atomic mass is 10.1. The summed E-state index contributed by atoms with van der Waals surface area (Å²) >= 11 is 8.18. The van der Waals surface area contributed by atoms with Crippen LogP contribution in [0.3, 0.4) is 0 Å². The van der Waals surface area contributed by atoms with Crippen LogP contribution in [0.2, 0.25) is 0 Å². The predicted molar refractivity (Wildman–Crippen MR) is 89.2 cm³/mol. The molecule has 2 rings (SSSR count). The normalized spacial score (nSPS) is 10.2. The van der Waals surface area contributed by atoms with Crippen LogP contribution in [0.25, 0.3) is 0 Å². The molecule has 0 atom stereocenters. The van der Waals surface area contributed by atoms with Gasteiger partial charge < -0.3 is 10.6 Å². The molecule has 0 aliphatic rings. The molecule has 0 aliphatic carbocycles. The molecule has 0 saturated carbocycles. The number of hydrogen-bond acceptors (Lipinski definition) is 2. The summed E-state index contributed by atoms with van der Waals surface area (Å²) < 4.78 is 13.9. The molecule has 0 heterocycles. The average molecular weight is 367 g/mol. The van der Waals surface area contributed by atoms with Crippen LogP contribution in [-0.2, 0) is 0 Å². The summed E-state index contributed by atoms with van der Waals surface area (Å²) in [6.45, 7) is 0. The van der Waals surface area contributed by atoms with Crippen molar-refractivity contribution in [3.05, 3.63) is 63.9 Å². The first-order chi connectivity index (χ1) is 9.90. The molecule has 6 heteroatoms. The molecule has 1 amide bonds. The molecule has 2 aromatic rings. The van der Waals surface area contributed by atoms with E-state index in [1.54, 1.807) is 31.3 Å².